The number of carbonyl (C=O) groups is 1. The van der Waals surface area contributed by atoms with E-state index in [4.69, 9.17) is 14.7 Å². The van der Waals surface area contributed by atoms with Crippen molar-refractivity contribution in [2.75, 3.05) is 11.9 Å². The molecule has 0 radical (unpaired) electrons. The van der Waals surface area contributed by atoms with Gasteiger partial charge in [-0.1, -0.05) is 38.1 Å². The Morgan fingerprint density at radius 3 is 2.48 bits per heavy atom. The summed E-state index contributed by atoms with van der Waals surface area (Å²) in [5, 5.41) is 14.1. The highest BCUT2D eigenvalue weighted by molar-refractivity contribution is 5.91. The van der Waals surface area contributed by atoms with Crippen LogP contribution in [-0.4, -0.2) is 43.7 Å². The lowest BCUT2D eigenvalue weighted by Crippen LogP contribution is -2.37. The minimum atomic E-state index is -0.137. The SMILES string of the molecule is CCC(CC)NC(=O)COc1cccc(-c2nc(Nc3ccc(-c4cn[nH]c4)cc3)c3ccncc3n2)c1.Cl.Cl. The molecule has 208 valence electrons. The fraction of sp³-hybridized carbons (Fsp3) is 0.207. The Morgan fingerprint density at radius 2 is 1.75 bits per heavy atom. The van der Waals surface area contributed by atoms with Crippen LogP contribution in [0.25, 0.3) is 33.4 Å². The second kappa shape index (κ2) is 14.3. The van der Waals surface area contributed by atoms with Gasteiger partial charge in [-0.25, -0.2) is 9.97 Å². The Balaban J connectivity index is 0.00000220. The summed E-state index contributed by atoms with van der Waals surface area (Å²) >= 11 is 0. The lowest BCUT2D eigenvalue weighted by Gasteiger charge is -2.15. The number of amides is 1. The average Bonchev–Trinajstić information content (AvgIpc) is 3.50. The molecule has 0 aliphatic heterocycles. The van der Waals surface area contributed by atoms with Gasteiger partial charge in [0, 0.05) is 40.6 Å². The van der Waals surface area contributed by atoms with Crippen LogP contribution in [0.15, 0.2) is 79.4 Å². The number of nitrogens with one attached hydrogen (secondary N) is 3. The van der Waals surface area contributed by atoms with Crippen LogP contribution in [0.2, 0.25) is 0 Å². The molecule has 5 rings (SSSR count). The van der Waals surface area contributed by atoms with E-state index in [2.05, 4.69) is 39.7 Å². The highest BCUT2D eigenvalue weighted by Gasteiger charge is 2.13. The van der Waals surface area contributed by atoms with Crippen LogP contribution in [0.5, 0.6) is 5.75 Å². The molecule has 0 unspecified atom stereocenters. The molecule has 1 amide bonds. The zero-order valence-electron chi connectivity index (χ0n) is 22.1. The lowest BCUT2D eigenvalue weighted by molar-refractivity contribution is -0.123. The van der Waals surface area contributed by atoms with E-state index < -0.39 is 0 Å². The van der Waals surface area contributed by atoms with Gasteiger partial charge in [-0.3, -0.25) is 14.9 Å². The van der Waals surface area contributed by atoms with Crippen molar-refractivity contribution in [1.82, 2.24) is 30.5 Å². The number of fused-ring (bicyclic) bond motifs is 1. The molecule has 0 spiro atoms. The highest BCUT2D eigenvalue weighted by Crippen LogP contribution is 2.29. The zero-order chi connectivity index (χ0) is 26.3. The van der Waals surface area contributed by atoms with Crippen molar-refractivity contribution in [2.45, 2.75) is 32.7 Å². The largest absolute Gasteiger partial charge is 0.484 e. The van der Waals surface area contributed by atoms with Crippen molar-refractivity contribution < 1.29 is 9.53 Å². The number of ether oxygens (including phenoxy) is 1. The third-order valence-electron chi connectivity index (χ3n) is 6.29. The highest BCUT2D eigenvalue weighted by atomic mass is 35.5. The molecule has 0 aliphatic rings. The quantitative estimate of drug-likeness (QED) is 0.176. The lowest BCUT2D eigenvalue weighted by atomic mass is 10.1. The van der Waals surface area contributed by atoms with E-state index >= 15 is 0 Å². The molecule has 0 fully saturated rings. The van der Waals surface area contributed by atoms with Gasteiger partial charge in [0.15, 0.2) is 12.4 Å². The van der Waals surface area contributed by atoms with Crippen molar-refractivity contribution in [3.05, 3.63) is 79.4 Å². The minimum Gasteiger partial charge on any atom is -0.484 e. The topological polar surface area (TPSA) is 118 Å². The molecule has 0 bridgehead atoms. The van der Waals surface area contributed by atoms with Crippen LogP contribution in [0.3, 0.4) is 0 Å². The number of pyridine rings is 1. The van der Waals surface area contributed by atoms with Gasteiger partial charge in [-0.05, 0) is 48.7 Å². The van der Waals surface area contributed by atoms with E-state index in [9.17, 15) is 4.79 Å². The Hall–Kier alpha value is -4.21. The molecule has 0 saturated heterocycles. The fourth-order valence-corrected chi connectivity index (χ4v) is 4.13. The van der Waals surface area contributed by atoms with Crippen molar-refractivity contribution in [1.29, 1.82) is 0 Å². The van der Waals surface area contributed by atoms with Crippen molar-refractivity contribution >= 4 is 53.1 Å². The molecule has 5 aromatic rings. The number of H-pyrrole nitrogens is 1. The summed E-state index contributed by atoms with van der Waals surface area (Å²) in [5.74, 6) is 1.62. The molecule has 40 heavy (non-hydrogen) atoms. The number of nitrogens with zero attached hydrogens (tertiary/aromatic N) is 4. The summed E-state index contributed by atoms with van der Waals surface area (Å²) < 4.78 is 5.77. The van der Waals surface area contributed by atoms with Crippen LogP contribution in [0, 0.1) is 0 Å². The normalized spacial score (nSPS) is 10.5. The number of benzene rings is 2. The number of aromatic amines is 1. The number of anilines is 2. The Kier molecular flexibility index (Phi) is 10.8. The Morgan fingerprint density at radius 1 is 0.950 bits per heavy atom. The van der Waals surface area contributed by atoms with Gasteiger partial charge >= 0.3 is 0 Å². The number of hydrogen-bond acceptors (Lipinski definition) is 7. The van der Waals surface area contributed by atoms with Gasteiger partial charge in [-0.2, -0.15) is 5.10 Å². The monoisotopic (exact) mass is 579 g/mol. The smallest absolute Gasteiger partial charge is 0.258 e. The van der Waals surface area contributed by atoms with Crippen molar-refractivity contribution in [3.63, 3.8) is 0 Å². The molecule has 3 heterocycles. The first-order valence-corrected chi connectivity index (χ1v) is 12.6. The molecule has 0 aliphatic carbocycles. The first kappa shape index (κ1) is 30.3. The van der Waals surface area contributed by atoms with Gasteiger partial charge in [-0.15, -0.1) is 24.8 Å². The van der Waals surface area contributed by atoms with Gasteiger partial charge in [0.25, 0.3) is 5.91 Å². The maximum Gasteiger partial charge on any atom is 0.258 e. The molecule has 2 aromatic carbocycles. The number of aromatic nitrogens is 5. The Bertz CT molecular complexity index is 1530. The first-order valence-electron chi connectivity index (χ1n) is 12.6. The number of carbonyl (C=O) groups excluding carboxylic acids is 1. The van der Waals surface area contributed by atoms with E-state index in [1.54, 1.807) is 18.6 Å². The van der Waals surface area contributed by atoms with Crippen LogP contribution < -0.4 is 15.4 Å². The van der Waals surface area contributed by atoms with Crippen molar-refractivity contribution in [2.24, 2.45) is 0 Å². The van der Waals surface area contributed by atoms with Crippen LogP contribution in [0.1, 0.15) is 26.7 Å². The molecular weight excluding hydrogens is 549 g/mol. The maximum absolute atomic E-state index is 12.3. The van der Waals surface area contributed by atoms with E-state index in [0.29, 0.717) is 22.9 Å². The fourth-order valence-electron chi connectivity index (χ4n) is 4.13. The molecule has 3 N–H and O–H groups in total. The minimum absolute atomic E-state index is 0. The molecule has 0 saturated carbocycles. The zero-order valence-corrected chi connectivity index (χ0v) is 23.8. The predicted molar refractivity (Wildman–Crippen MR) is 163 cm³/mol. The Labute approximate surface area is 245 Å². The van der Waals surface area contributed by atoms with Crippen LogP contribution >= 0.6 is 24.8 Å². The second-order valence-electron chi connectivity index (χ2n) is 8.88. The van der Waals surface area contributed by atoms with Crippen LogP contribution in [0.4, 0.5) is 11.5 Å². The molecule has 11 heteroatoms. The third-order valence-corrected chi connectivity index (χ3v) is 6.29. The van der Waals surface area contributed by atoms with Gasteiger partial charge in [0.05, 0.1) is 17.9 Å². The van der Waals surface area contributed by atoms with E-state index in [-0.39, 0.29) is 43.4 Å². The van der Waals surface area contributed by atoms with Crippen molar-refractivity contribution in [3.8, 4) is 28.3 Å². The standard InChI is InChI=1S/C29H29N7O2.2ClH/c1-3-22(4-2)33-27(37)18-38-24-7-5-6-20(14-24)28-35-26-17-30-13-12-25(26)29(36-28)34-23-10-8-19(9-11-23)21-15-31-32-16-21;;/h5-17,22H,3-4,18H2,1-2H3,(H,31,32)(H,33,37)(H,34,35,36);2*1H. The van der Waals surface area contributed by atoms with E-state index in [0.717, 1.165) is 40.6 Å². The van der Waals surface area contributed by atoms with Gasteiger partial charge in [0.2, 0.25) is 0 Å². The number of hydrogen-bond donors (Lipinski definition) is 3. The molecule has 0 atom stereocenters. The molecule has 9 nitrogen and oxygen atoms in total. The summed E-state index contributed by atoms with van der Waals surface area (Å²) in [4.78, 5) is 26.1. The van der Waals surface area contributed by atoms with E-state index in [1.165, 1.54) is 0 Å². The third kappa shape index (κ3) is 7.25. The summed E-state index contributed by atoms with van der Waals surface area (Å²) in [6, 6.07) is 17.5. The van der Waals surface area contributed by atoms with E-state index in [1.807, 2.05) is 60.8 Å². The van der Waals surface area contributed by atoms with Gasteiger partial charge < -0.3 is 15.4 Å². The maximum atomic E-state index is 12.3. The summed E-state index contributed by atoms with van der Waals surface area (Å²) in [5.41, 5.74) is 4.46. The second-order valence-corrected chi connectivity index (χ2v) is 8.88. The molecule has 3 aromatic heterocycles. The molecular formula is C29H31Cl2N7O2. The average molecular weight is 581 g/mol. The van der Waals surface area contributed by atoms with Gasteiger partial charge in [0.1, 0.15) is 11.6 Å². The van der Waals surface area contributed by atoms with Crippen LogP contribution in [-0.2, 0) is 4.79 Å². The predicted octanol–water partition coefficient (Wildman–Crippen LogP) is 6.35. The summed E-state index contributed by atoms with van der Waals surface area (Å²) in [6.07, 6.45) is 8.86. The summed E-state index contributed by atoms with van der Waals surface area (Å²) in [7, 11) is 0. The number of halogens is 2. The first-order chi connectivity index (χ1) is 18.6. The summed E-state index contributed by atoms with van der Waals surface area (Å²) in [6.45, 7) is 4.05. The number of rotatable bonds is 10.